The van der Waals surface area contributed by atoms with E-state index in [-0.39, 0.29) is 11.9 Å². The summed E-state index contributed by atoms with van der Waals surface area (Å²) in [5.41, 5.74) is -0.209. The largest absolute Gasteiger partial charge is 0.453 e. The normalized spacial score (nSPS) is 43.0. The van der Waals surface area contributed by atoms with Gasteiger partial charge in [-0.2, -0.15) is 0 Å². The summed E-state index contributed by atoms with van der Waals surface area (Å²) in [5.74, 6) is 0.387. The number of aliphatic hydroxyl groups is 1. The molecule has 84 valence electrons. The lowest BCUT2D eigenvalue weighted by Gasteiger charge is -2.34. The van der Waals surface area contributed by atoms with E-state index in [0.717, 1.165) is 19.3 Å². The Bertz CT molecular complexity index is 310. The average molecular weight is 210 g/mol. The highest BCUT2D eigenvalue weighted by atomic mass is 16.6. The van der Waals surface area contributed by atoms with Crippen LogP contribution in [0.2, 0.25) is 0 Å². The van der Waals surface area contributed by atoms with Gasteiger partial charge in [0.25, 0.3) is 0 Å². The van der Waals surface area contributed by atoms with Gasteiger partial charge in [-0.3, -0.25) is 0 Å². The molecule has 2 aliphatic carbocycles. The van der Waals surface area contributed by atoms with Gasteiger partial charge in [0.1, 0.15) is 5.60 Å². The number of aliphatic hydroxyl groups excluding tert-OH is 1. The van der Waals surface area contributed by atoms with E-state index in [9.17, 15) is 9.90 Å². The molecule has 0 saturated heterocycles. The summed E-state index contributed by atoms with van der Waals surface area (Å²) in [6.45, 7) is 7.23. The van der Waals surface area contributed by atoms with Gasteiger partial charge in [0, 0.05) is 5.57 Å². The monoisotopic (exact) mass is 210 g/mol. The van der Waals surface area contributed by atoms with Crippen molar-refractivity contribution in [3.8, 4) is 0 Å². The Morgan fingerprint density at radius 1 is 1.60 bits per heavy atom. The fraction of sp³-hybridized carbons (Fsp3) is 0.750. The molecule has 0 spiro atoms. The first-order valence-electron chi connectivity index (χ1n) is 5.53. The predicted octanol–water partition coefficient (Wildman–Crippen LogP) is 1.66. The lowest BCUT2D eigenvalue weighted by molar-refractivity contribution is -0.167. The highest BCUT2D eigenvalue weighted by Crippen LogP contribution is 2.53. The van der Waals surface area contributed by atoms with E-state index in [0.29, 0.717) is 11.5 Å². The van der Waals surface area contributed by atoms with Crippen molar-refractivity contribution in [3.05, 3.63) is 12.2 Å². The van der Waals surface area contributed by atoms with Gasteiger partial charge in [0.2, 0.25) is 0 Å². The van der Waals surface area contributed by atoms with Gasteiger partial charge in [-0.05, 0) is 38.0 Å². The molecule has 2 rings (SSSR count). The van der Waals surface area contributed by atoms with Gasteiger partial charge in [-0.25, -0.2) is 4.79 Å². The summed E-state index contributed by atoms with van der Waals surface area (Å²) < 4.78 is 5.45. The van der Waals surface area contributed by atoms with Crippen LogP contribution in [0, 0.1) is 11.8 Å². The number of hydrogen-bond donors (Lipinski definition) is 1. The number of rotatable bonds is 2. The lowest BCUT2D eigenvalue weighted by Crippen LogP contribution is -2.44. The molecule has 2 aliphatic rings. The molecule has 0 aromatic rings. The zero-order valence-corrected chi connectivity index (χ0v) is 9.32. The number of esters is 1. The summed E-state index contributed by atoms with van der Waals surface area (Å²) in [7, 11) is 0. The molecule has 3 nitrogen and oxygen atoms in total. The van der Waals surface area contributed by atoms with Gasteiger partial charge in [-0.1, -0.05) is 13.5 Å². The minimum absolute atomic E-state index is 0.247. The molecule has 0 heterocycles. The third-order valence-corrected chi connectivity index (χ3v) is 3.97. The third kappa shape index (κ3) is 1.49. The molecule has 2 fully saturated rings. The molecule has 4 unspecified atom stereocenters. The van der Waals surface area contributed by atoms with Gasteiger partial charge in [0.15, 0.2) is 0 Å². The minimum Gasteiger partial charge on any atom is -0.453 e. The number of carbonyl (C=O) groups excluding carboxylic acids is 1. The Balaban J connectivity index is 2.14. The Kier molecular flexibility index (Phi) is 2.38. The zero-order chi connectivity index (χ0) is 11.2. The van der Waals surface area contributed by atoms with Crippen LogP contribution < -0.4 is 0 Å². The van der Waals surface area contributed by atoms with E-state index in [2.05, 4.69) is 6.58 Å². The SMILES string of the molecule is C=C(C)C(=O)OC12CCC(C1)C(C)C2O. The molecule has 0 aliphatic heterocycles. The second-order valence-corrected chi connectivity index (χ2v) is 5.04. The Labute approximate surface area is 90.1 Å². The van der Waals surface area contributed by atoms with Crippen LogP contribution in [0.4, 0.5) is 0 Å². The van der Waals surface area contributed by atoms with Gasteiger partial charge in [-0.15, -0.1) is 0 Å². The predicted molar refractivity (Wildman–Crippen MR) is 56.1 cm³/mol. The van der Waals surface area contributed by atoms with Crippen LogP contribution in [0.15, 0.2) is 12.2 Å². The van der Waals surface area contributed by atoms with E-state index in [4.69, 9.17) is 4.74 Å². The molecule has 3 heteroatoms. The zero-order valence-electron chi connectivity index (χ0n) is 9.32. The fourth-order valence-electron chi connectivity index (χ4n) is 2.96. The molecule has 0 radical (unpaired) electrons. The van der Waals surface area contributed by atoms with Crippen molar-refractivity contribution in [2.75, 3.05) is 0 Å². The average Bonchev–Trinajstić information content (AvgIpc) is 2.67. The Morgan fingerprint density at radius 3 is 2.73 bits per heavy atom. The second kappa shape index (κ2) is 3.34. The van der Waals surface area contributed by atoms with Crippen LogP contribution in [0.5, 0.6) is 0 Å². The molecule has 0 amide bonds. The van der Waals surface area contributed by atoms with E-state index in [1.54, 1.807) is 6.92 Å². The van der Waals surface area contributed by atoms with Crippen molar-refractivity contribution in [2.45, 2.75) is 44.8 Å². The van der Waals surface area contributed by atoms with Crippen LogP contribution in [-0.2, 0) is 9.53 Å². The maximum atomic E-state index is 11.5. The highest BCUT2D eigenvalue weighted by Gasteiger charge is 2.58. The minimum atomic E-state index is -0.611. The maximum absolute atomic E-state index is 11.5. The molecule has 2 bridgehead atoms. The van der Waals surface area contributed by atoms with E-state index >= 15 is 0 Å². The van der Waals surface area contributed by atoms with Crippen LogP contribution in [-0.4, -0.2) is 22.8 Å². The van der Waals surface area contributed by atoms with Crippen LogP contribution in [0.1, 0.15) is 33.1 Å². The summed E-state index contributed by atoms with van der Waals surface area (Å²) in [6, 6.07) is 0. The number of hydrogen-bond acceptors (Lipinski definition) is 3. The van der Waals surface area contributed by atoms with E-state index in [1.165, 1.54) is 0 Å². The van der Waals surface area contributed by atoms with Crippen LogP contribution in [0.3, 0.4) is 0 Å². The standard InChI is InChI=1S/C12H18O3/c1-7(2)11(14)15-12-5-4-9(6-12)8(3)10(12)13/h8-10,13H,1,4-6H2,2-3H3. The second-order valence-electron chi connectivity index (χ2n) is 5.04. The first-order valence-corrected chi connectivity index (χ1v) is 5.53. The van der Waals surface area contributed by atoms with Gasteiger partial charge in [0.05, 0.1) is 6.10 Å². The summed E-state index contributed by atoms with van der Waals surface area (Å²) >= 11 is 0. The molecular weight excluding hydrogens is 192 g/mol. The smallest absolute Gasteiger partial charge is 0.333 e. The van der Waals surface area contributed by atoms with Crippen LogP contribution in [0.25, 0.3) is 0 Å². The van der Waals surface area contributed by atoms with Gasteiger partial charge < -0.3 is 9.84 Å². The van der Waals surface area contributed by atoms with E-state index in [1.807, 2.05) is 6.92 Å². The van der Waals surface area contributed by atoms with Crippen molar-refractivity contribution >= 4 is 5.97 Å². The highest BCUT2D eigenvalue weighted by molar-refractivity contribution is 5.87. The van der Waals surface area contributed by atoms with Crippen molar-refractivity contribution in [2.24, 2.45) is 11.8 Å². The number of fused-ring (bicyclic) bond motifs is 2. The molecule has 0 aromatic heterocycles. The van der Waals surface area contributed by atoms with Crippen molar-refractivity contribution in [1.82, 2.24) is 0 Å². The number of ether oxygens (including phenoxy) is 1. The summed E-state index contributed by atoms with van der Waals surface area (Å²) in [4.78, 5) is 11.5. The maximum Gasteiger partial charge on any atom is 0.333 e. The van der Waals surface area contributed by atoms with Crippen molar-refractivity contribution in [3.63, 3.8) is 0 Å². The topological polar surface area (TPSA) is 46.5 Å². The van der Waals surface area contributed by atoms with Crippen LogP contribution >= 0.6 is 0 Å². The summed E-state index contributed by atoms with van der Waals surface area (Å²) in [6.07, 6.45) is 2.16. The molecule has 1 N–H and O–H groups in total. The lowest BCUT2D eigenvalue weighted by atomic mass is 9.86. The van der Waals surface area contributed by atoms with Gasteiger partial charge >= 0.3 is 5.97 Å². The molecule has 15 heavy (non-hydrogen) atoms. The number of carbonyl (C=O) groups is 1. The van der Waals surface area contributed by atoms with E-state index < -0.39 is 11.7 Å². The first kappa shape index (κ1) is 10.7. The molecular formula is C12H18O3. The van der Waals surface area contributed by atoms with Crippen molar-refractivity contribution < 1.29 is 14.6 Å². The first-order chi connectivity index (χ1) is 6.96. The summed E-state index contributed by atoms with van der Waals surface area (Å²) in [5, 5.41) is 10.1. The Hall–Kier alpha value is -0.830. The third-order valence-electron chi connectivity index (χ3n) is 3.97. The molecule has 2 saturated carbocycles. The quantitative estimate of drug-likeness (QED) is 0.557. The molecule has 4 atom stereocenters. The Morgan fingerprint density at radius 2 is 2.27 bits per heavy atom. The van der Waals surface area contributed by atoms with Crippen molar-refractivity contribution in [1.29, 1.82) is 0 Å². The fourth-order valence-corrected chi connectivity index (χ4v) is 2.96. The molecule has 0 aromatic carbocycles.